The molecule has 4 rings (SSSR count). The summed E-state index contributed by atoms with van der Waals surface area (Å²) < 4.78 is 11.6. The minimum atomic E-state index is 0.557. The molecule has 2 fully saturated rings. The summed E-state index contributed by atoms with van der Waals surface area (Å²) in [6, 6.07) is 17.4. The fraction of sp³-hybridized carbons (Fsp3) is 0.500. The van der Waals surface area contributed by atoms with E-state index in [1.807, 2.05) is 24.3 Å². The van der Waals surface area contributed by atoms with Crippen LogP contribution in [0.1, 0.15) is 36.8 Å². The Morgan fingerprint density at radius 2 is 1.61 bits per heavy atom. The number of hydrogen-bond donors (Lipinski definition) is 0. The van der Waals surface area contributed by atoms with Gasteiger partial charge in [0.1, 0.15) is 6.61 Å². The first-order valence-corrected chi connectivity index (χ1v) is 10.6. The van der Waals surface area contributed by atoms with Crippen molar-refractivity contribution in [2.75, 3.05) is 33.3 Å². The molecule has 0 unspecified atom stereocenters. The highest BCUT2D eigenvalue weighted by atomic mass is 16.5. The van der Waals surface area contributed by atoms with E-state index < -0.39 is 0 Å². The van der Waals surface area contributed by atoms with Gasteiger partial charge < -0.3 is 14.4 Å². The Kier molecular flexibility index (Phi) is 6.50. The standard InChI is InChI=1S/C24H32N2O2/c1-27-23-10-9-21(17-24(23)28-19-20-7-3-2-4-8-20)18-25-15-11-22(12-16-25)26-13-5-6-14-26/h2-4,7-10,17,22H,5-6,11-16,18-19H2,1H3. The second-order valence-electron chi connectivity index (χ2n) is 8.01. The fourth-order valence-corrected chi connectivity index (χ4v) is 4.48. The normalized spacial score (nSPS) is 19.0. The summed E-state index contributed by atoms with van der Waals surface area (Å²) in [5.74, 6) is 1.63. The van der Waals surface area contributed by atoms with Crippen LogP contribution in [-0.4, -0.2) is 49.1 Å². The van der Waals surface area contributed by atoms with Crippen molar-refractivity contribution in [2.24, 2.45) is 0 Å². The molecule has 2 saturated heterocycles. The zero-order chi connectivity index (χ0) is 19.2. The van der Waals surface area contributed by atoms with E-state index in [2.05, 4.69) is 34.1 Å². The van der Waals surface area contributed by atoms with Gasteiger partial charge in [0.2, 0.25) is 0 Å². The van der Waals surface area contributed by atoms with Crippen molar-refractivity contribution in [3.63, 3.8) is 0 Å². The molecular formula is C24H32N2O2. The molecule has 150 valence electrons. The van der Waals surface area contributed by atoms with Crippen LogP contribution in [-0.2, 0) is 13.2 Å². The Morgan fingerprint density at radius 1 is 0.857 bits per heavy atom. The SMILES string of the molecule is COc1ccc(CN2CCC(N3CCCC3)CC2)cc1OCc1ccccc1. The van der Waals surface area contributed by atoms with Crippen LogP contribution >= 0.6 is 0 Å². The molecule has 0 aromatic heterocycles. The molecule has 2 aliphatic rings. The number of methoxy groups -OCH3 is 1. The summed E-state index contributed by atoms with van der Waals surface area (Å²) in [5, 5.41) is 0. The number of hydrogen-bond acceptors (Lipinski definition) is 4. The number of likely N-dealkylation sites (tertiary alicyclic amines) is 2. The van der Waals surface area contributed by atoms with Gasteiger partial charge in [0.25, 0.3) is 0 Å². The van der Waals surface area contributed by atoms with E-state index in [-0.39, 0.29) is 0 Å². The number of benzene rings is 2. The number of nitrogens with zero attached hydrogens (tertiary/aromatic N) is 2. The first kappa shape index (κ1) is 19.3. The number of piperidine rings is 1. The summed E-state index contributed by atoms with van der Waals surface area (Å²) in [4.78, 5) is 5.29. The maximum atomic E-state index is 6.08. The predicted octanol–water partition coefficient (Wildman–Crippen LogP) is 4.33. The number of ether oxygens (including phenoxy) is 2. The third-order valence-electron chi connectivity index (χ3n) is 6.09. The van der Waals surface area contributed by atoms with E-state index in [0.717, 1.165) is 24.1 Å². The monoisotopic (exact) mass is 380 g/mol. The van der Waals surface area contributed by atoms with Gasteiger partial charge in [-0.1, -0.05) is 36.4 Å². The largest absolute Gasteiger partial charge is 0.493 e. The molecule has 0 atom stereocenters. The molecule has 4 nitrogen and oxygen atoms in total. The minimum Gasteiger partial charge on any atom is -0.493 e. The van der Waals surface area contributed by atoms with E-state index >= 15 is 0 Å². The highest BCUT2D eigenvalue weighted by Crippen LogP contribution is 2.30. The van der Waals surface area contributed by atoms with E-state index in [1.54, 1.807) is 7.11 Å². The molecule has 4 heteroatoms. The Bertz CT molecular complexity index is 736. The van der Waals surface area contributed by atoms with Gasteiger partial charge in [-0.05, 0) is 75.1 Å². The number of rotatable bonds is 7. The van der Waals surface area contributed by atoms with Crippen molar-refractivity contribution < 1.29 is 9.47 Å². The van der Waals surface area contributed by atoms with Crippen molar-refractivity contribution in [1.82, 2.24) is 9.80 Å². The van der Waals surface area contributed by atoms with Crippen LogP contribution in [0.4, 0.5) is 0 Å². The summed E-state index contributed by atoms with van der Waals surface area (Å²) in [6.07, 6.45) is 5.37. The van der Waals surface area contributed by atoms with E-state index in [0.29, 0.717) is 6.61 Å². The van der Waals surface area contributed by atoms with Gasteiger partial charge >= 0.3 is 0 Å². The van der Waals surface area contributed by atoms with Crippen LogP contribution in [0.25, 0.3) is 0 Å². The molecule has 0 bridgehead atoms. The third kappa shape index (κ3) is 4.86. The molecule has 2 aromatic rings. The molecule has 0 radical (unpaired) electrons. The Balaban J connectivity index is 1.34. The van der Waals surface area contributed by atoms with Crippen LogP contribution < -0.4 is 9.47 Å². The van der Waals surface area contributed by atoms with Gasteiger partial charge in [-0.15, -0.1) is 0 Å². The van der Waals surface area contributed by atoms with Crippen LogP contribution in [0, 0.1) is 0 Å². The Hall–Kier alpha value is -2.04. The van der Waals surface area contributed by atoms with Gasteiger partial charge in [0.05, 0.1) is 7.11 Å². The van der Waals surface area contributed by atoms with Gasteiger partial charge in [-0.2, -0.15) is 0 Å². The molecule has 0 aliphatic carbocycles. The van der Waals surface area contributed by atoms with Crippen LogP contribution in [0.2, 0.25) is 0 Å². The lowest BCUT2D eigenvalue weighted by atomic mass is 10.0. The van der Waals surface area contributed by atoms with Crippen molar-refractivity contribution in [2.45, 2.75) is 44.9 Å². The van der Waals surface area contributed by atoms with E-state index in [4.69, 9.17) is 9.47 Å². The molecule has 2 aromatic carbocycles. The van der Waals surface area contributed by atoms with E-state index in [9.17, 15) is 0 Å². The van der Waals surface area contributed by atoms with Crippen molar-refractivity contribution in [3.05, 3.63) is 59.7 Å². The fourth-order valence-electron chi connectivity index (χ4n) is 4.48. The van der Waals surface area contributed by atoms with Gasteiger partial charge in [0.15, 0.2) is 11.5 Å². The predicted molar refractivity (Wildman–Crippen MR) is 113 cm³/mol. The molecule has 2 heterocycles. The van der Waals surface area contributed by atoms with Crippen molar-refractivity contribution >= 4 is 0 Å². The zero-order valence-electron chi connectivity index (χ0n) is 17.0. The van der Waals surface area contributed by atoms with Crippen molar-refractivity contribution in [3.8, 4) is 11.5 Å². The molecule has 0 saturated carbocycles. The zero-order valence-corrected chi connectivity index (χ0v) is 17.0. The lowest BCUT2D eigenvalue weighted by Crippen LogP contribution is -2.43. The highest BCUT2D eigenvalue weighted by Gasteiger charge is 2.26. The van der Waals surface area contributed by atoms with Gasteiger partial charge in [0, 0.05) is 12.6 Å². The topological polar surface area (TPSA) is 24.9 Å². The molecule has 0 N–H and O–H groups in total. The van der Waals surface area contributed by atoms with Gasteiger partial charge in [-0.3, -0.25) is 4.90 Å². The average Bonchev–Trinajstić information content (AvgIpc) is 3.29. The smallest absolute Gasteiger partial charge is 0.161 e. The first-order valence-electron chi connectivity index (χ1n) is 10.6. The van der Waals surface area contributed by atoms with Crippen LogP contribution in [0.3, 0.4) is 0 Å². The molecule has 2 aliphatic heterocycles. The van der Waals surface area contributed by atoms with Crippen LogP contribution in [0.5, 0.6) is 11.5 Å². The molecule has 28 heavy (non-hydrogen) atoms. The summed E-state index contributed by atoms with van der Waals surface area (Å²) in [6.45, 7) is 6.54. The third-order valence-corrected chi connectivity index (χ3v) is 6.09. The lowest BCUT2D eigenvalue weighted by molar-refractivity contribution is 0.122. The quantitative estimate of drug-likeness (QED) is 0.714. The molecular weight excluding hydrogens is 348 g/mol. The minimum absolute atomic E-state index is 0.557. The van der Waals surface area contributed by atoms with Gasteiger partial charge in [-0.25, -0.2) is 0 Å². The Morgan fingerprint density at radius 3 is 2.32 bits per heavy atom. The molecule has 0 amide bonds. The van der Waals surface area contributed by atoms with Crippen LogP contribution in [0.15, 0.2) is 48.5 Å². The summed E-state index contributed by atoms with van der Waals surface area (Å²) in [7, 11) is 1.70. The van der Waals surface area contributed by atoms with E-state index in [1.165, 1.54) is 63.0 Å². The average molecular weight is 381 g/mol. The summed E-state index contributed by atoms with van der Waals surface area (Å²) in [5.41, 5.74) is 2.46. The summed E-state index contributed by atoms with van der Waals surface area (Å²) >= 11 is 0. The first-order chi connectivity index (χ1) is 13.8. The van der Waals surface area contributed by atoms with Crippen molar-refractivity contribution in [1.29, 1.82) is 0 Å². The Labute approximate surface area is 169 Å². The lowest BCUT2D eigenvalue weighted by Gasteiger charge is -2.36. The maximum absolute atomic E-state index is 6.08. The molecule has 0 spiro atoms. The second-order valence-corrected chi connectivity index (χ2v) is 8.01. The maximum Gasteiger partial charge on any atom is 0.161 e. The second kappa shape index (κ2) is 9.44. The highest BCUT2D eigenvalue weighted by molar-refractivity contribution is 5.43.